The number of nitrogens with zero attached hydrogens (tertiary/aromatic N) is 2. The molecule has 0 radical (unpaired) electrons. The highest BCUT2D eigenvalue weighted by atomic mass is 16.5. The number of ketones is 1. The highest BCUT2D eigenvalue weighted by Gasteiger charge is 2.27. The topological polar surface area (TPSA) is 116 Å². The molecule has 166 valence electrons. The summed E-state index contributed by atoms with van der Waals surface area (Å²) in [5, 5.41) is 7.07. The summed E-state index contributed by atoms with van der Waals surface area (Å²) in [7, 11) is 0. The van der Waals surface area contributed by atoms with E-state index in [1.165, 1.54) is 4.68 Å². The van der Waals surface area contributed by atoms with Gasteiger partial charge < -0.3 is 15.8 Å². The van der Waals surface area contributed by atoms with Crippen molar-refractivity contribution in [1.82, 2.24) is 15.1 Å². The minimum Gasteiger partial charge on any atom is -0.377 e. The first-order chi connectivity index (χ1) is 15.4. The first-order valence-electron chi connectivity index (χ1n) is 10.3. The molecule has 0 saturated heterocycles. The number of benzene rings is 2. The number of primary amides is 1. The maximum atomic E-state index is 13.1. The number of Topliss-reactive ketones (excluding diaryl/α,β-unsaturated/α-hetero) is 1. The van der Waals surface area contributed by atoms with E-state index in [4.69, 9.17) is 10.5 Å². The Hall–Kier alpha value is -3.78. The van der Waals surface area contributed by atoms with E-state index in [1.807, 2.05) is 61.5 Å². The third kappa shape index (κ3) is 5.67. The number of aryl methyl sites for hydroxylation is 1. The van der Waals surface area contributed by atoms with E-state index < -0.39 is 23.6 Å². The lowest BCUT2D eigenvalue weighted by Gasteiger charge is -2.17. The standard InChI is InChI=1S/C24H26N4O4/c1-3-32-15-18-9-11-19(12-10-18)28-21(13-16(2)27-28)24(31)26-20(22(29)23(25)30)14-17-7-5-4-6-8-17/h4-13,20H,3,14-15H2,1-2H3,(H2,25,30)(H,26,31). The molecule has 1 heterocycles. The number of hydrogen-bond acceptors (Lipinski definition) is 5. The van der Waals surface area contributed by atoms with Crippen molar-refractivity contribution >= 4 is 17.6 Å². The summed E-state index contributed by atoms with van der Waals surface area (Å²) in [5.41, 5.74) is 8.57. The van der Waals surface area contributed by atoms with Crippen LogP contribution >= 0.6 is 0 Å². The summed E-state index contributed by atoms with van der Waals surface area (Å²) in [5.74, 6) is -2.48. The molecule has 2 amide bonds. The van der Waals surface area contributed by atoms with Crippen molar-refractivity contribution in [2.24, 2.45) is 5.73 Å². The van der Waals surface area contributed by atoms with Gasteiger partial charge in [-0.25, -0.2) is 4.68 Å². The van der Waals surface area contributed by atoms with Crippen molar-refractivity contribution in [3.05, 3.63) is 83.2 Å². The van der Waals surface area contributed by atoms with Crippen LogP contribution < -0.4 is 11.1 Å². The van der Waals surface area contributed by atoms with Gasteiger partial charge >= 0.3 is 0 Å². The number of nitrogens with two attached hydrogens (primary N) is 1. The maximum absolute atomic E-state index is 13.1. The molecule has 3 N–H and O–H groups in total. The Morgan fingerprint density at radius 1 is 1.06 bits per heavy atom. The molecule has 8 heteroatoms. The van der Waals surface area contributed by atoms with Gasteiger partial charge in [-0.3, -0.25) is 14.4 Å². The van der Waals surface area contributed by atoms with Gasteiger partial charge in [-0.05, 0) is 43.2 Å². The molecule has 0 aliphatic heterocycles. The molecule has 32 heavy (non-hydrogen) atoms. The number of carbonyl (C=O) groups is 3. The Labute approximate surface area is 186 Å². The molecule has 1 unspecified atom stereocenters. The van der Waals surface area contributed by atoms with E-state index in [9.17, 15) is 14.4 Å². The Balaban J connectivity index is 1.84. The number of nitrogens with one attached hydrogen (secondary N) is 1. The van der Waals surface area contributed by atoms with Crippen molar-refractivity contribution in [1.29, 1.82) is 0 Å². The van der Waals surface area contributed by atoms with E-state index in [0.29, 0.717) is 24.6 Å². The molecule has 3 aromatic rings. The van der Waals surface area contributed by atoms with Crippen molar-refractivity contribution in [2.45, 2.75) is 32.9 Å². The lowest BCUT2D eigenvalue weighted by molar-refractivity contribution is -0.137. The fourth-order valence-corrected chi connectivity index (χ4v) is 3.27. The Kier molecular flexibility index (Phi) is 7.51. The molecule has 0 aliphatic rings. The van der Waals surface area contributed by atoms with Crippen LogP contribution in [0.15, 0.2) is 60.7 Å². The second-order valence-corrected chi connectivity index (χ2v) is 7.33. The molecule has 0 spiro atoms. The predicted octanol–water partition coefficient (Wildman–Crippen LogP) is 2.11. The minimum absolute atomic E-state index is 0.146. The summed E-state index contributed by atoms with van der Waals surface area (Å²) in [6.45, 7) is 4.82. The average Bonchev–Trinajstić information content (AvgIpc) is 3.19. The Morgan fingerprint density at radius 3 is 2.38 bits per heavy atom. The summed E-state index contributed by atoms with van der Waals surface area (Å²) in [6, 6.07) is 17.1. The van der Waals surface area contributed by atoms with Crippen LogP contribution in [0.25, 0.3) is 5.69 Å². The van der Waals surface area contributed by atoms with Gasteiger partial charge in [-0.2, -0.15) is 5.10 Å². The highest BCUT2D eigenvalue weighted by molar-refractivity contribution is 6.38. The SMILES string of the molecule is CCOCc1ccc(-n2nc(C)cc2C(=O)NC(Cc2ccccc2)C(=O)C(N)=O)cc1. The predicted molar refractivity (Wildman–Crippen MR) is 119 cm³/mol. The smallest absolute Gasteiger partial charge is 0.287 e. The van der Waals surface area contributed by atoms with Gasteiger partial charge in [0.2, 0.25) is 5.78 Å². The summed E-state index contributed by atoms with van der Waals surface area (Å²) in [4.78, 5) is 37.0. The van der Waals surface area contributed by atoms with Crippen molar-refractivity contribution < 1.29 is 19.1 Å². The lowest BCUT2D eigenvalue weighted by Crippen LogP contribution is -2.47. The molecule has 3 rings (SSSR count). The number of ether oxygens (including phenoxy) is 1. The van der Waals surface area contributed by atoms with E-state index in [-0.39, 0.29) is 12.1 Å². The van der Waals surface area contributed by atoms with Gasteiger partial charge in [0.25, 0.3) is 11.8 Å². The van der Waals surface area contributed by atoms with Crippen molar-refractivity contribution in [3.63, 3.8) is 0 Å². The van der Waals surface area contributed by atoms with Crippen LogP contribution in [0.4, 0.5) is 0 Å². The van der Waals surface area contributed by atoms with Gasteiger partial charge in [0, 0.05) is 13.0 Å². The zero-order valence-corrected chi connectivity index (χ0v) is 18.1. The average molecular weight is 434 g/mol. The van der Waals surface area contributed by atoms with E-state index in [1.54, 1.807) is 13.0 Å². The molecule has 8 nitrogen and oxygen atoms in total. The molecule has 2 aromatic carbocycles. The number of hydrogen-bond donors (Lipinski definition) is 2. The van der Waals surface area contributed by atoms with Gasteiger partial charge in [-0.1, -0.05) is 42.5 Å². The van der Waals surface area contributed by atoms with Gasteiger partial charge in [-0.15, -0.1) is 0 Å². The largest absolute Gasteiger partial charge is 0.377 e. The fraction of sp³-hybridized carbons (Fsp3) is 0.250. The maximum Gasteiger partial charge on any atom is 0.287 e. The van der Waals surface area contributed by atoms with Gasteiger partial charge in [0.15, 0.2) is 0 Å². The molecule has 0 bridgehead atoms. The number of rotatable bonds is 10. The number of carbonyl (C=O) groups excluding carboxylic acids is 3. The van der Waals surface area contributed by atoms with Crippen LogP contribution in [0.1, 0.15) is 34.2 Å². The fourth-order valence-electron chi connectivity index (χ4n) is 3.27. The first-order valence-corrected chi connectivity index (χ1v) is 10.3. The number of aromatic nitrogens is 2. The molecule has 0 fully saturated rings. The molecule has 0 saturated carbocycles. The van der Waals surface area contributed by atoms with Crippen LogP contribution in [-0.4, -0.2) is 40.0 Å². The van der Waals surface area contributed by atoms with E-state index >= 15 is 0 Å². The number of amides is 2. The van der Waals surface area contributed by atoms with Crippen molar-refractivity contribution in [2.75, 3.05) is 6.61 Å². The van der Waals surface area contributed by atoms with Crippen LogP contribution in [0.5, 0.6) is 0 Å². The second kappa shape index (κ2) is 10.5. The summed E-state index contributed by atoms with van der Waals surface area (Å²) in [6.07, 6.45) is 0.146. The van der Waals surface area contributed by atoms with Crippen LogP contribution in [-0.2, 0) is 27.4 Å². The monoisotopic (exact) mass is 434 g/mol. The van der Waals surface area contributed by atoms with E-state index in [0.717, 1.165) is 11.1 Å². The molecular formula is C24H26N4O4. The molecular weight excluding hydrogens is 408 g/mol. The van der Waals surface area contributed by atoms with E-state index in [2.05, 4.69) is 10.4 Å². The third-order valence-corrected chi connectivity index (χ3v) is 4.87. The first kappa shape index (κ1) is 22.9. The quantitative estimate of drug-likeness (QED) is 0.474. The Morgan fingerprint density at radius 2 is 1.75 bits per heavy atom. The normalized spacial score (nSPS) is 11.7. The second-order valence-electron chi connectivity index (χ2n) is 7.33. The summed E-state index contributed by atoms with van der Waals surface area (Å²) >= 11 is 0. The third-order valence-electron chi connectivity index (χ3n) is 4.87. The highest BCUT2D eigenvalue weighted by Crippen LogP contribution is 2.15. The Bertz CT molecular complexity index is 1090. The van der Waals surface area contributed by atoms with Gasteiger partial charge in [0.1, 0.15) is 11.7 Å². The van der Waals surface area contributed by atoms with Crippen LogP contribution in [0, 0.1) is 6.92 Å². The minimum atomic E-state index is -1.10. The summed E-state index contributed by atoms with van der Waals surface area (Å²) < 4.78 is 6.91. The van der Waals surface area contributed by atoms with Crippen molar-refractivity contribution in [3.8, 4) is 5.69 Å². The zero-order valence-electron chi connectivity index (χ0n) is 18.1. The molecule has 0 aliphatic carbocycles. The van der Waals surface area contributed by atoms with Gasteiger partial charge in [0.05, 0.1) is 18.0 Å². The lowest BCUT2D eigenvalue weighted by atomic mass is 10.0. The zero-order chi connectivity index (χ0) is 23.1. The van der Waals surface area contributed by atoms with Crippen LogP contribution in [0.3, 0.4) is 0 Å². The van der Waals surface area contributed by atoms with Crippen LogP contribution in [0.2, 0.25) is 0 Å². The molecule has 1 aromatic heterocycles. The molecule has 1 atom stereocenters.